The van der Waals surface area contributed by atoms with Gasteiger partial charge in [0, 0.05) is 0 Å². The third kappa shape index (κ3) is 4.99. The molecule has 0 aliphatic carbocycles. The first kappa shape index (κ1) is 15.0. The van der Waals surface area contributed by atoms with E-state index < -0.39 is 18.1 Å². The summed E-state index contributed by atoms with van der Waals surface area (Å²) in [7, 11) is 0. The number of alkyl halides is 3. The monoisotopic (exact) mass is 276 g/mol. The molecule has 0 aromatic heterocycles. The van der Waals surface area contributed by atoms with Crippen LogP contribution in [0.4, 0.5) is 13.2 Å². The average Bonchev–Trinajstić information content (AvgIpc) is 2.29. The van der Waals surface area contributed by atoms with Gasteiger partial charge in [0.25, 0.3) is 0 Å². The fourth-order valence-electron chi connectivity index (χ4n) is 1.40. The summed E-state index contributed by atoms with van der Waals surface area (Å²) in [5.41, 5.74) is 0.0918. The lowest BCUT2D eigenvalue weighted by Crippen LogP contribution is -2.18. The van der Waals surface area contributed by atoms with Gasteiger partial charge in [0.2, 0.25) is 0 Å². The van der Waals surface area contributed by atoms with E-state index in [4.69, 9.17) is 4.74 Å². The zero-order chi connectivity index (χ0) is 14.5. The lowest BCUT2D eigenvalue weighted by atomic mass is 10.1. The van der Waals surface area contributed by atoms with Gasteiger partial charge in [-0.3, -0.25) is 9.59 Å². The standard InChI is InChI=1S/C12H11F3O4/c1-2-18-11(17)6-8-3-4-10(9(5-8)7-16)19-12(13,14)15/h3-5,7H,2,6H2,1H3. The van der Waals surface area contributed by atoms with Gasteiger partial charge in [0.1, 0.15) is 5.75 Å². The average molecular weight is 276 g/mol. The Morgan fingerprint density at radius 3 is 2.58 bits per heavy atom. The van der Waals surface area contributed by atoms with Crippen molar-refractivity contribution in [1.29, 1.82) is 0 Å². The molecule has 0 bridgehead atoms. The van der Waals surface area contributed by atoms with Crippen LogP contribution in [0, 0.1) is 0 Å². The molecule has 104 valence electrons. The van der Waals surface area contributed by atoms with Crippen molar-refractivity contribution in [2.75, 3.05) is 6.61 Å². The van der Waals surface area contributed by atoms with Crippen molar-refractivity contribution in [1.82, 2.24) is 0 Å². The second-order valence-corrected chi connectivity index (χ2v) is 3.52. The molecular weight excluding hydrogens is 265 g/mol. The van der Waals surface area contributed by atoms with Crippen molar-refractivity contribution in [3.63, 3.8) is 0 Å². The van der Waals surface area contributed by atoms with Crippen LogP contribution in [0.15, 0.2) is 18.2 Å². The number of carbonyl (C=O) groups excluding carboxylic acids is 2. The van der Waals surface area contributed by atoms with Crippen molar-refractivity contribution in [2.24, 2.45) is 0 Å². The molecule has 0 heterocycles. The highest BCUT2D eigenvalue weighted by atomic mass is 19.4. The van der Waals surface area contributed by atoms with Crippen molar-refractivity contribution < 1.29 is 32.2 Å². The number of aldehydes is 1. The maximum Gasteiger partial charge on any atom is 0.573 e. The minimum Gasteiger partial charge on any atom is -0.466 e. The van der Waals surface area contributed by atoms with E-state index in [1.165, 1.54) is 6.07 Å². The second-order valence-electron chi connectivity index (χ2n) is 3.52. The predicted molar refractivity (Wildman–Crippen MR) is 58.8 cm³/mol. The lowest BCUT2D eigenvalue weighted by Gasteiger charge is -2.11. The third-order valence-electron chi connectivity index (χ3n) is 2.08. The van der Waals surface area contributed by atoms with Crippen LogP contribution in [0.2, 0.25) is 0 Å². The molecule has 0 N–H and O–H groups in total. The number of hydrogen-bond donors (Lipinski definition) is 0. The number of hydrogen-bond acceptors (Lipinski definition) is 4. The van der Waals surface area contributed by atoms with Gasteiger partial charge in [-0.25, -0.2) is 0 Å². The fraction of sp³-hybridized carbons (Fsp3) is 0.333. The Hall–Kier alpha value is -2.05. The van der Waals surface area contributed by atoms with E-state index in [0.717, 1.165) is 12.1 Å². The minimum atomic E-state index is -4.87. The molecule has 1 aromatic carbocycles. The first-order chi connectivity index (χ1) is 8.85. The van der Waals surface area contributed by atoms with Gasteiger partial charge in [0.05, 0.1) is 18.6 Å². The van der Waals surface area contributed by atoms with Crippen LogP contribution in [0.5, 0.6) is 5.75 Å². The fourth-order valence-corrected chi connectivity index (χ4v) is 1.40. The maximum atomic E-state index is 12.1. The normalized spacial score (nSPS) is 10.9. The topological polar surface area (TPSA) is 52.6 Å². The highest BCUT2D eigenvalue weighted by Gasteiger charge is 2.32. The Bertz CT molecular complexity index is 469. The molecule has 7 heteroatoms. The zero-order valence-corrected chi connectivity index (χ0v) is 9.99. The van der Waals surface area contributed by atoms with Gasteiger partial charge >= 0.3 is 12.3 Å². The molecule has 19 heavy (non-hydrogen) atoms. The van der Waals surface area contributed by atoms with E-state index in [-0.39, 0.29) is 24.9 Å². The summed E-state index contributed by atoms with van der Waals surface area (Å²) in [5, 5.41) is 0. The summed E-state index contributed by atoms with van der Waals surface area (Å²) in [6.07, 6.45) is -4.77. The van der Waals surface area contributed by atoms with Gasteiger partial charge in [-0.1, -0.05) is 6.07 Å². The highest BCUT2D eigenvalue weighted by Crippen LogP contribution is 2.26. The number of benzene rings is 1. The van der Waals surface area contributed by atoms with Crippen LogP contribution in [-0.4, -0.2) is 25.2 Å². The number of rotatable bonds is 5. The predicted octanol–water partition coefficient (Wildman–Crippen LogP) is 2.50. The molecule has 0 unspecified atom stereocenters. The Morgan fingerprint density at radius 1 is 1.37 bits per heavy atom. The Balaban J connectivity index is 2.90. The highest BCUT2D eigenvalue weighted by molar-refractivity contribution is 5.81. The zero-order valence-electron chi connectivity index (χ0n) is 9.99. The summed E-state index contributed by atoms with van der Waals surface area (Å²) >= 11 is 0. The Morgan fingerprint density at radius 2 is 2.05 bits per heavy atom. The molecule has 0 fully saturated rings. The largest absolute Gasteiger partial charge is 0.573 e. The van der Waals surface area contributed by atoms with Crippen molar-refractivity contribution in [2.45, 2.75) is 19.7 Å². The number of ether oxygens (including phenoxy) is 2. The number of carbonyl (C=O) groups is 2. The summed E-state index contributed by atoms with van der Waals surface area (Å²) in [5.74, 6) is -1.13. The lowest BCUT2D eigenvalue weighted by molar-refractivity contribution is -0.274. The van der Waals surface area contributed by atoms with Crippen LogP contribution >= 0.6 is 0 Å². The van der Waals surface area contributed by atoms with E-state index >= 15 is 0 Å². The first-order valence-electron chi connectivity index (χ1n) is 5.35. The van der Waals surface area contributed by atoms with Crippen LogP contribution < -0.4 is 4.74 Å². The van der Waals surface area contributed by atoms with E-state index in [9.17, 15) is 22.8 Å². The van der Waals surface area contributed by atoms with Gasteiger partial charge in [-0.2, -0.15) is 0 Å². The van der Waals surface area contributed by atoms with Gasteiger partial charge in [-0.15, -0.1) is 13.2 Å². The maximum absolute atomic E-state index is 12.1. The van der Waals surface area contributed by atoms with E-state index in [0.29, 0.717) is 5.56 Å². The Labute approximate surface area is 107 Å². The quantitative estimate of drug-likeness (QED) is 0.612. The van der Waals surface area contributed by atoms with Crippen LogP contribution in [0.1, 0.15) is 22.8 Å². The first-order valence-corrected chi connectivity index (χ1v) is 5.35. The molecule has 1 aromatic rings. The smallest absolute Gasteiger partial charge is 0.466 e. The summed E-state index contributed by atoms with van der Waals surface area (Å²) in [6, 6.07) is 3.42. The van der Waals surface area contributed by atoms with Gasteiger partial charge in [0.15, 0.2) is 6.29 Å². The van der Waals surface area contributed by atoms with Crippen LogP contribution in [-0.2, 0) is 16.0 Å². The minimum absolute atomic E-state index is 0.124. The molecule has 0 saturated carbocycles. The second kappa shape index (κ2) is 6.21. The molecule has 4 nitrogen and oxygen atoms in total. The molecule has 0 aliphatic rings. The van der Waals surface area contributed by atoms with Crippen molar-refractivity contribution >= 4 is 12.3 Å². The van der Waals surface area contributed by atoms with Crippen LogP contribution in [0.3, 0.4) is 0 Å². The summed E-state index contributed by atoms with van der Waals surface area (Å²) in [6.45, 7) is 1.84. The molecule has 0 radical (unpaired) electrons. The molecule has 1 rings (SSSR count). The third-order valence-corrected chi connectivity index (χ3v) is 2.08. The molecule has 0 saturated heterocycles. The van der Waals surface area contributed by atoms with Crippen molar-refractivity contribution in [3.05, 3.63) is 29.3 Å². The summed E-state index contributed by atoms with van der Waals surface area (Å²) < 4.78 is 44.5. The molecule has 0 aliphatic heterocycles. The Kier molecular flexibility index (Phi) is 4.91. The summed E-state index contributed by atoms with van der Waals surface area (Å²) in [4.78, 5) is 21.9. The van der Waals surface area contributed by atoms with Crippen LogP contribution in [0.25, 0.3) is 0 Å². The van der Waals surface area contributed by atoms with E-state index in [1.54, 1.807) is 6.92 Å². The van der Waals surface area contributed by atoms with E-state index in [2.05, 4.69) is 4.74 Å². The van der Waals surface area contributed by atoms with Gasteiger partial charge < -0.3 is 9.47 Å². The molecule has 0 spiro atoms. The van der Waals surface area contributed by atoms with E-state index in [1.807, 2.05) is 0 Å². The van der Waals surface area contributed by atoms with Crippen molar-refractivity contribution in [3.8, 4) is 5.75 Å². The molecular formula is C12H11F3O4. The SMILES string of the molecule is CCOC(=O)Cc1ccc(OC(F)(F)F)c(C=O)c1. The number of halogens is 3. The van der Waals surface area contributed by atoms with Gasteiger partial charge in [-0.05, 0) is 24.6 Å². The molecule has 0 atom stereocenters. The number of esters is 1. The molecule has 0 amide bonds.